The lowest BCUT2D eigenvalue weighted by atomic mass is 9.97. The highest BCUT2D eigenvalue weighted by atomic mass is 16.6. The minimum atomic E-state index is -0.307. The molecular formula is C29H34N4O5. The average molecular weight is 519 g/mol. The zero-order valence-electron chi connectivity index (χ0n) is 21.8. The Labute approximate surface area is 222 Å². The number of nitrogens with zero attached hydrogens (tertiary/aromatic N) is 4. The van der Waals surface area contributed by atoms with E-state index in [1.807, 2.05) is 42.5 Å². The van der Waals surface area contributed by atoms with Crippen LogP contribution in [0.3, 0.4) is 0 Å². The third-order valence-corrected chi connectivity index (χ3v) is 7.41. The zero-order chi connectivity index (χ0) is 25.9. The predicted octanol–water partition coefficient (Wildman–Crippen LogP) is 2.70. The van der Waals surface area contributed by atoms with E-state index in [2.05, 4.69) is 27.9 Å². The molecule has 9 nitrogen and oxygen atoms in total. The summed E-state index contributed by atoms with van der Waals surface area (Å²) in [5.41, 5.74) is 2.68. The summed E-state index contributed by atoms with van der Waals surface area (Å²) in [6.45, 7) is 7.48. The van der Waals surface area contributed by atoms with Gasteiger partial charge in [0.2, 0.25) is 5.88 Å². The largest absolute Gasteiger partial charge is 0.494 e. The highest BCUT2D eigenvalue weighted by Gasteiger charge is 2.23. The maximum absolute atomic E-state index is 12.8. The third-order valence-electron chi connectivity index (χ3n) is 7.41. The number of hydrogen-bond acceptors (Lipinski definition) is 8. The molecule has 3 aromatic rings. The Bertz CT molecular complexity index is 1330. The van der Waals surface area contributed by atoms with Gasteiger partial charge >= 0.3 is 5.69 Å². The van der Waals surface area contributed by atoms with Gasteiger partial charge in [-0.05, 0) is 55.8 Å². The summed E-state index contributed by atoms with van der Waals surface area (Å²) in [4.78, 5) is 21.8. The molecule has 9 heteroatoms. The van der Waals surface area contributed by atoms with Crippen LogP contribution in [-0.2, 0) is 13.0 Å². The molecule has 0 amide bonds. The van der Waals surface area contributed by atoms with Crippen LogP contribution in [0.4, 0.5) is 0 Å². The minimum absolute atomic E-state index is 0.234. The van der Waals surface area contributed by atoms with Gasteiger partial charge in [-0.15, -0.1) is 0 Å². The van der Waals surface area contributed by atoms with Gasteiger partial charge in [-0.25, -0.2) is 4.79 Å². The van der Waals surface area contributed by atoms with Gasteiger partial charge in [0.1, 0.15) is 19.0 Å². The fourth-order valence-corrected chi connectivity index (χ4v) is 5.22. The number of aromatic nitrogens is 2. The van der Waals surface area contributed by atoms with Crippen LogP contribution < -0.4 is 24.6 Å². The second-order valence-electron chi connectivity index (χ2n) is 10.1. The lowest BCUT2D eigenvalue weighted by molar-refractivity contribution is 0.0520. The number of ether oxygens (including phenoxy) is 4. The standard InChI is InChI=1S/C29H34N4O5/c1-31-12-14-32(15-13-31)10-4-16-35-22-7-8-24-21(17-22)9-11-33-25(24)18-28(30-29(33)34)37-20-23-19-36-26-5-2-3-6-27(26)38-23/h2-3,5-8,17-18,23H,4,9-16,19-20H2,1H3. The predicted molar refractivity (Wildman–Crippen MR) is 144 cm³/mol. The van der Waals surface area contributed by atoms with E-state index in [0.29, 0.717) is 31.4 Å². The first kappa shape index (κ1) is 24.8. The summed E-state index contributed by atoms with van der Waals surface area (Å²) in [5, 5.41) is 0. The smallest absolute Gasteiger partial charge is 0.351 e. The summed E-state index contributed by atoms with van der Waals surface area (Å²) >= 11 is 0. The van der Waals surface area contributed by atoms with Crippen LogP contribution in [0.25, 0.3) is 11.3 Å². The Balaban J connectivity index is 1.08. The van der Waals surface area contributed by atoms with Crippen molar-refractivity contribution in [1.82, 2.24) is 19.4 Å². The summed E-state index contributed by atoms with van der Waals surface area (Å²) in [7, 11) is 2.18. The van der Waals surface area contributed by atoms with Crippen molar-refractivity contribution in [2.45, 2.75) is 25.5 Å². The molecular weight excluding hydrogens is 484 g/mol. The van der Waals surface area contributed by atoms with Gasteiger partial charge in [0.15, 0.2) is 17.6 Å². The molecule has 1 unspecified atom stereocenters. The molecule has 1 saturated heterocycles. The van der Waals surface area contributed by atoms with Crippen molar-refractivity contribution in [1.29, 1.82) is 0 Å². The van der Waals surface area contributed by atoms with E-state index in [0.717, 1.165) is 68.3 Å². The average Bonchev–Trinajstić information content (AvgIpc) is 2.95. The van der Waals surface area contributed by atoms with E-state index in [-0.39, 0.29) is 18.4 Å². The first-order valence-electron chi connectivity index (χ1n) is 13.4. The number of aryl methyl sites for hydroxylation is 1. The quantitative estimate of drug-likeness (QED) is 0.422. The fourth-order valence-electron chi connectivity index (χ4n) is 5.22. The summed E-state index contributed by atoms with van der Waals surface area (Å²) < 4.78 is 25.4. The van der Waals surface area contributed by atoms with Crippen LogP contribution in [0.15, 0.2) is 53.3 Å². The summed E-state index contributed by atoms with van der Waals surface area (Å²) in [6, 6.07) is 15.5. The topological polar surface area (TPSA) is 78.3 Å². The lowest BCUT2D eigenvalue weighted by Crippen LogP contribution is -2.44. The normalized spacial score (nSPS) is 18.9. The monoisotopic (exact) mass is 518 g/mol. The molecule has 0 spiro atoms. The molecule has 0 aliphatic carbocycles. The van der Waals surface area contributed by atoms with Crippen molar-refractivity contribution < 1.29 is 18.9 Å². The highest BCUT2D eigenvalue weighted by molar-refractivity contribution is 5.67. The van der Waals surface area contributed by atoms with Crippen molar-refractivity contribution in [2.75, 3.05) is 59.6 Å². The molecule has 1 fully saturated rings. The summed E-state index contributed by atoms with van der Waals surface area (Å²) in [6.07, 6.45) is 1.48. The first-order chi connectivity index (χ1) is 18.6. The van der Waals surface area contributed by atoms with Crippen LogP contribution in [0.5, 0.6) is 23.1 Å². The SMILES string of the molecule is CN1CCN(CCCOc2ccc3c(c2)CCn2c-3cc(OCC3COc4ccccc4O3)nc2=O)CC1. The van der Waals surface area contributed by atoms with Gasteiger partial charge < -0.3 is 28.7 Å². The van der Waals surface area contributed by atoms with Crippen LogP contribution in [0, 0.1) is 0 Å². The Kier molecular flexibility index (Phi) is 7.20. The van der Waals surface area contributed by atoms with Crippen LogP contribution in [0.2, 0.25) is 0 Å². The second kappa shape index (κ2) is 11.0. The maximum Gasteiger partial charge on any atom is 0.351 e. The number of likely N-dealkylation sites (N-methyl/N-ethyl adjacent to an activating group) is 1. The molecule has 4 heterocycles. The van der Waals surface area contributed by atoms with Crippen LogP contribution >= 0.6 is 0 Å². The first-order valence-corrected chi connectivity index (χ1v) is 13.4. The van der Waals surface area contributed by atoms with E-state index < -0.39 is 0 Å². The molecule has 6 rings (SSSR count). The fraction of sp³-hybridized carbons (Fsp3) is 0.448. The number of piperazine rings is 1. The van der Waals surface area contributed by atoms with Crippen LogP contribution in [-0.4, -0.2) is 85.0 Å². The molecule has 0 bridgehead atoms. The molecule has 0 saturated carbocycles. The molecule has 200 valence electrons. The molecule has 0 radical (unpaired) electrons. The Morgan fingerprint density at radius 1 is 1.00 bits per heavy atom. The molecule has 3 aliphatic heterocycles. The maximum atomic E-state index is 12.8. The Morgan fingerprint density at radius 3 is 2.71 bits per heavy atom. The molecule has 0 N–H and O–H groups in total. The lowest BCUT2D eigenvalue weighted by Gasteiger charge is -2.32. The van der Waals surface area contributed by atoms with Crippen molar-refractivity contribution in [3.63, 3.8) is 0 Å². The number of fused-ring (bicyclic) bond motifs is 4. The highest BCUT2D eigenvalue weighted by Crippen LogP contribution is 2.33. The van der Waals surface area contributed by atoms with Crippen molar-refractivity contribution >= 4 is 0 Å². The Hall–Kier alpha value is -3.56. The van der Waals surface area contributed by atoms with E-state index in [9.17, 15) is 4.79 Å². The van der Waals surface area contributed by atoms with Gasteiger partial charge in [-0.1, -0.05) is 12.1 Å². The van der Waals surface area contributed by atoms with Crippen molar-refractivity contribution in [3.8, 4) is 34.4 Å². The third kappa shape index (κ3) is 5.49. The van der Waals surface area contributed by atoms with Gasteiger partial charge in [0.05, 0.1) is 12.3 Å². The van der Waals surface area contributed by atoms with E-state index in [4.69, 9.17) is 18.9 Å². The molecule has 2 aromatic carbocycles. The number of benzene rings is 2. The minimum Gasteiger partial charge on any atom is -0.494 e. The number of para-hydroxylation sites is 2. The molecule has 38 heavy (non-hydrogen) atoms. The van der Waals surface area contributed by atoms with E-state index in [1.165, 1.54) is 5.56 Å². The summed E-state index contributed by atoms with van der Waals surface area (Å²) in [5.74, 6) is 2.58. The molecule has 1 aromatic heterocycles. The number of rotatable bonds is 8. The molecule has 3 aliphatic rings. The second-order valence-corrected chi connectivity index (χ2v) is 10.1. The van der Waals surface area contributed by atoms with Crippen molar-refractivity contribution in [3.05, 3.63) is 64.6 Å². The van der Waals surface area contributed by atoms with Gasteiger partial charge in [0, 0.05) is 50.9 Å². The van der Waals surface area contributed by atoms with E-state index in [1.54, 1.807) is 4.57 Å². The van der Waals surface area contributed by atoms with Gasteiger partial charge in [0.25, 0.3) is 0 Å². The molecule has 1 atom stereocenters. The van der Waals surface area contributed by atoms with Crippen molar-refractivity contribution in [2.24, 2.45) is 0 Å². The van der Waals surface area contributed by atoms with Gasteiger partial charge in [-0.2, -0.15) is 4.98 Å². The zero-order valence-corrected chi connectivity index (χ0v) is 21.8. The van der Waals surface area contributed by atoms with E-state index >= 15 is 0 Å². The Morgan fingerprint density at radius 2 is 1.84 bits per heavy atom. The van der Waals surface area contributed by atoms with Gasteiger partial charge in [-0.3, -0.25) is 4.57 Å². The van der Waals surface area contributed by atoms with Crippen LogP contribution in [0.1, 0.15) is 12.0 Å². The number of hydrogen-bond donors (Lipinski definition) is 0.